The Hall–Kier alpha value is -2.65. The van der Waals surface area contributed by atoms with E-state index in [-0.39, 0.29) is 0 Å². The lowest BCUT2D eigenvalue weighted by molar-refractivity contribution is -0.142. The minimum atomic E-state index is -0.705. The van der Waals surface area contributed by atoms with Crippen molar-refractivity contribution < 1.29 is 9.59 Å². The molecule has 0 aliphatic carbocycles. The molecule has 0 fully saturated rings. The third kappa shape index (κ3) is 3.93. The van der Waals surface area contributed by atoms with Crippen molar-refractivity contribution in [3.8, 4) is 12.3 Å². The molecule has 2 rings (SSSR count). The molecular weight excluding hydrogens is 298 g/mol. The number of likely N-dealkylation sites (N-methyl/N-ethyl adjacent to an activating group) is 1. The van der Waals surface area contributed by atoms with Crippen LogP contribution in [0.2, 0.25) is 0 Å². The maximum atomic E-state index is 12.1. The zero-order chi connectivity index (χ0) is 16.1. The molecule has 2 aromatic rings. The molecule has 0 saturated carbocycles. The number of rotatable bonds is 3. The number of amides is 2. The van der Waals surface area contributed by atoms with Gasteiger partial charge >= 0.3 is 11.8 Å². The molecule has 0 saturated heterocycles. The first-order chi connectivity index (χ1) is 10.5. The molecule has 22 heavy (non-hydrogen) atoms. The SMILES string of the molecule is C#Cc1cccc(NC(=O)C(=O)N(C)Cc2csc(C)n2)c1. The minimum absolute atomic E-state index is 0.293. The van der Waals surface area contributed by atoms with Crippen molar-refractivity contribution in [2.24, 2.45) is 0 Å². The number of terminal acetylenes is 1. The van der Waals surface area contributed by atoms with Crippen molar-refractivity contribution in [3.05, 3.63) is 45.9 Å². The van der Waals surface area contributed by atoms with Gasteiger partial charge in [0.05, 0.1) is 17.2 Å². The van der Waals surface area contributed by atoms with Gasteiger partial charge in [0.15, 0.2) is 0 Å². The smallest absolute Gasteiger partial charge is 0.313 e. The fraction of sp³-hybridized carbons (Fsp3) is 0.188. The van der Waals surface area contributed by atoms with Crippen molar-refractivity contribution in [1.29, 1.82) is 0 Å². The summed E-state index contributed by atoms with van der Waals surface area (Å²) >= 11 is 1.50. The second-order valence-electron chi connectivity index (χ2n) is 4.70. The highest BCUT2D eigenvalue weighted by Gasteiger charge is 2.19. The van der Waals surface area contributed by atoms with Gasteiger partial charge in [-0.05, 0) is 25.1 Å². The number of carbonyl (C=O) groups is 2. The molecule has 0 aliphatic heterocycles. The zero-order valence-corrected chi connectivity index (χ0v) is 13.1. The molecule has 1 aromatic carbocycles. The average molecular weight is 313 g/mol. The number of thiazole rings is 1. The van der Waals surface area contributed by atoms with E-state index in [4.69, 9.17) is 6.42 Å². The summed E-state index contributed by atoms with van der Waals surface area (Å²) < 4.78 is 0. The largest absolute Gasteiger partial charge is 0.332 e. The van der Waals surface area contributed by atoms with Crippen LogP contribution in [0.25, 0.3) is 0 Å². The Morgan fingerprint density at radius 2 is 2.23 bits per heavy atom. The van der Waals surface area contributed by atoms with E-state index in [0.717, 1.165) is 10.7 Å². The molecule has 1 aromatic heterocycles. The van der Waals surface area contributed by atoms with Gasteiger partial charge in [0, 0.05) is 23.7 Å². The molecule has 0 radical (unpaired) electrons. The van der Waals surface area contributed by atoms with E-state index < -0.39 is 11.8 Å². The number of hydrogen-bond acceptors (Lipinski definition) is 4. The molecule has 1 heterocycles. The summed E-state index contributed by atoms with van der Waals surface area (Å²) in [6.07, 6.45) is 5.30. The van der Waals surface area contributed by atoms with E-state index >= 15 is 0 Å². The van der Waals surface area contributed by atoms with Crippen LogP contribution in [0.15, 0.2) is 29.6 Å². The predicted molar refractivity (Wildman–Crippen MR) is 86.3 cm³/mol. The van der Waals surface area contributed by atoms with Crippen molar-refractivity contribution in [3.63, 3.8) is 0 Å². The molecule has 5 nitrogen and oxygen atoms in total. The first-order valence-corrected chi connectivity index (χ1v) is 7.41. The third-order valence-electron chi connectivity index (χ3n) is 2.89. The predicted octanol–water partition coefficient (Wildman–Crippen LogP) is 2.03. The van der Waals surface area contributed by atoms with Gasteiger partial charge in [-0.3, -0.25) is 9.59 Å². The summed E-state index contributed by atoms with van der Waals surface area (Å²) in [6, 6.07) is 6.77. The van der Waals surface area contributed by atoms with Crippen LogP contribution in [0.4, 0.5) is 5.69 Å². The van der Waals surface area contributed by atoms with Gasteiger partial charge in [-0.2, -0.15) is 0 Å². The van der Waals surface area contributed by atoms with E-state index in [1.54, 1.807) is 31.3 Å². The summed E-state index contributed by atoms with van der Waals surface area (Å²) in [5.41, 5.74) is 1.89. The average Bonchev–Trinajstić information content (AvgIpc) is 2.91. The highest BCUT2D eigenvalue weighted by Crippen LogP contribution is 2.12. The lowest BCUT2D eigenvalue weighted by atomic mass is 10.2. The van der Waals surface area contributed by atoms with Crippen molar-refractivity contribution in [1.82, 2.24) is 9.88 Å². The number of aryl methyl sites for hydroxylation is 1. The highest BCUT2D eigenvalue weighted by atomic mass is 32.1. The van der Waals surface area contributed by atoms with E-state index in [9.17, 15) is 9.59 Å². The minimum Gasteiger partial charge on any atom is -0.332 e. The van der Waals surface area contributed by atoms with E-state index in [1.165, 1.54) is 16.2 Å². The summed E-state index contributed by atoms with van der Waals surface area (Å²) in [7, 11) is 1.56. The Morgan fingerprint density at radius 1 is 1.45 bits per heavy atom. The molecule has 6 heteroatoms. The number of anilines is 1. The highest BCUT2D eigenvalue weighted by molar-refractivity contribution is 7.09. The van der Waals surface area contributed by atoms with Gasteiger partial charge < -0.3 is 10.2 Å². The molecule has 0 unspecified atom stereocenters. The number of nitrogens with zero attached hydrogens (tertiary/aromatic N) is 2. The van der Waals surface area contributed by atoms with Gasteiger partial charge in [0.2, 0.25) is 0 Å². The standard InChI is InChI=1S/C16H15N3O2S/c1-4-12-6-5-7-13(8-12)18-15(20)16(21)19(3)9-14-10-22-11(2)17-14/h1,5-8,10H,9H2,2-3H3,(H,18,20). The number of carbonyl (C=O) groups excluding carboxylic acids is 2. The van der Waals surface area contributed by atoms with Gasteiger partial charge in [-0.25, -0.2) is 4.98 Å². The van der Waals surface area contributed by atoms with Crippen molar-refractivity contribution in [2.45, 2.75) is 13.5 Å². The van der Waals surface area contributed by atoms with Crippen molar-refractivity contribution in [2.75, 3.05) is 12.4 Å². The molecule has 0 atom stereocenters. The second-order valence-corrected chi connectivity index (χ2v) is 5.76. The summed E-state index contributed by atoms with van der Waals surface area (Å²) in [6.45, 7) is 2.18. The quantitative estimate of drug-likeness (QED) is 0.696. The maximum Gasteiger partial charge on any atom is 0.313 e. The van der Waals surface area contributed by atoms with Crippen LogP contribution in [0.5, 0.6) is 0 Å². The monoisotopic (exact) mass is 313 g/mol. The van der Waals surface area contributed by atoms with Crippen LogP contribution in [-0.2, 0) is 16.1 Å². The summed E-state index contributed by atoms with van der Waals surface area (Å²) in [5.74, 6) is 1.14. The number of nitrogens with one attached hydrogen (secondary N) is 1. The second kappa shape index (κ2) is 6.87. The first-order valence-electron chi connectivity index (χ1n) is 6.53. The van der Waals surface area contributed by atoms with Crippen LogP contribution < -0.4 is 5.32 Å². The Labute approximate surface area is 133 Å². The van der Waals surface area contributed by atoms with Crippen LogP contribution in [0, 0.1) is 19.3 Å². The number of hydrogen-bond donors (Lipinski definition) is 1. The summed E-state index contributed by atoms with van der Waals surface area (Å²) in [5, 5.41) is 5.34. The lowest BCUT2D eigenvalue weighted by Gasteiger charge is -2.15. The van der Waals surface area contributed by atoms with Gasteiger partial charge in [0.1, 0.15) is 0 Å². The molecule has 112 valence electrons. The number of benzene rings is 1. The Balaban J connectivity index is 1.99. The van der Waals surface area contributed by atoms with Gasteiger partial charge in [-0.15, -0.1) is 17.8 Å². The number of aromatic nitrogens is 1. The van der Waals surface area contributed by atoms with Crippen molar-refractivity contribution >= 4 is 28.8 Å². The molecule has 0 spiro atoms. The topological polar surface area (TPSA) is 62.3 Å². The van der Waals surface area contributed by atoms with Gasteiger partial charge in [0.25, 0.3) is 0 Å². The van der Waals surface area contributed by atoms with E-state index in [1.807, 2.05) is 12.3 Å². The molecule has 0 bridgehead atoms. The normalized spacial score (nSPS) is 9.86. The fourth-order valence-corrected chi connectivity index (χ4v) is 2.44. The molecule has 0 aliphatic rings. The zero-order valence-electron chi connectivity index (χ0n) is 12.3. The van der Waals surface area contributed by atoms with Crippen LogP contribution in [0.1, 0.15) is 16.3 Å². The Kier molecular flexibility index (Phi) is 4.92. The lowest BCUT2D eigenvalue weighted by Crippen LogP contribution is -2.36. The summed E-state index contributed by atoms with van der Waals surface area (Å²) in [4.78, 5) is 29.6. The van der Waals surface area contributed by atoms with Crippen LogP contribution in [-0.4, -0.2) is 28.7 Å². The van der Waals surface area contributed by atoms with Crippen LogP contribution >= 0.6 is 11.3 Å². The molecule has 1 N–H and O–H groups in total. The third-order valence-corrected chi connectivity index (χ3v) is 3.72. The molecule has 2 amide bonds. The van der Waals surface area contributed by atoms with E-state index in [0.29, 0.717) is 17.8 Å². The van der Waals surface area contributed by atoms with Crippen LogP contribution in [0.3, 0.4) is 0 Å². The first kappa shape index (κ1) is 15.7. The van der Waals surface area contributed by atoms with Gasteiger partial charge in [-0.1, -0.05) is 12.0 Å². The Morgan fingerprint density at radius 3 is 2.86 bits per heavy atom. The fourth-order valence-electron chi connectivity index (χ4n) is 1.84. The van der Waals surface area contributed by atoms with E-state index in [2.05, 4.69) is 16.2 Å². The Bertz CT molecular complexity index is 746. The molecular formula is C16H15N3O2S. The maximum absolute atomic E-state index is 12.1.